The predicted octanol–water partition coefficient (Wildman–Crippen LogP) is 2.00. The van der Waals surface area contributed by atoms with Crippen molar-refractivity contribution in [2.24, 2.45) is 0 Å². The van der Waals surface area contributed by atoms with Crippen molar-refractivity contribution in [2.75, 3.05) is 29.5 Å². The number of fused-ring (bicyclic) bond motifs is 1. The zero-order valence-corrected chi connectivity index (χ0v) is 22.1. The monoisotopic (exact) mass is 534 g/mol. The Kier molecular flexibility index (Phi) is 6.27. The van der Waals surface area contributed by atoms with Gasteiger partial charge in [0.25, 0.3) is 11.5 Å². The molecule has 1 amide bonds. The molecule has 9 nitrogen and oxygen atoms in total. The number of anilines is 1. The Hall–Kier alpha value is -2.28. The average Bonchev–Trinajstić information content (AvgIpc) is 3.26. The van der Waals surface area contributed by atoms with Gasteiger partial charge in [0.2, 0.25) is 0 Å². The van der Waals surface area contributed by atoms with Crippen LogP contribution in [0.2, 0.25) is 0 Å². The molecule has 2 aromatic rings. The second kappa shape index (κ2) is 8.99. The van der Waals surface area contributed by atoms with Crippen LogP contribution in [0.5, 0.6) is 0 Å². The molecule has 35 heavy (non-hydrogen) atoms. The number of pyridine rings is 1. The number of carbonyl (C=O) groups is 1. The van der Waals surface area contributed by atoms with Crippen molar-refractivity contribution in [1.29, 1.82) is 0 Å². The van der Waals surface area contributed by atoms with Gasteiger partial charge in [-0.15, -0.1) is 0 Å². The first-order chi connectivity index (χ1) is 16.5. The maximum Gasteiger partial charge on any atom is 0.267 e. The molecule has 3 atom stereocenters. The fraction of sp³-hybridized carbons (Fsp3) is 0.478. The van der Waals surface area contributed by atoms with E-state index in [0.29, 0.717) is 45.8 Å². The Labute approximate surface area is 213 Å². The Bertz CT molecular complexity index is 1420. The number of hydrogen-bond donors (Lipinski definition) is 0. The Balaban J connectivity index is 1.61. The van der Waals surface area contributed by atoms with Crippen LogP contribution in [0.25, 0.3) is 11.7 Å². The quantitative estimate of drug-likeness (QED) is 0.432. The van der Waals surface area contributed by atoms with Crippen molar-refractivity contribution in [2.45, 2.75) is 45.4 Å². The number of morpholine rings is 1. The van der Waals surface area contributed by atoms with Gasteiger partial charge in [-0.2, -0.15) is 0 Å². The number of thioether (sulfide) groups is 1. The number of rotatable bonds is 3. The zero-order valence-electron chi connectivity index (χ0n) is 19.6. The summed E-state index contributed by atoms with van der Waals surface area (Å²) >= 11 is 6.54. The Morgan fingerprint density at radius 1 is 1.20 bits per heavy atom. The van der Waals surface area contributed by atoms with Crippen LogP contribution < -0.4 is 10.5 Å². The van der Waals surface area contributed by atoms with E-state index in [1.54, 1.807) is 18.3 Å². The molecule has 3 aliphatic rings. The largest absolute Gasteiger partial charge is 0.372 e. The lowest BCUT2D eigenvalue weighted by Gasteiger charge is -2.36. The number of nitrogens with zero attached hydrogens (tertiary/aromatic N) is 4. The second-order valence-electron chi connectivity index (χ2n) is 9.36. The van der Waals surface area contributed by atoms with E-state index in [4.69, 9.17) is 21.9 Å². The molecule has 3 fully saturated rings. The van der Waals surface area contributed by atoms with Crippen LogP contribution in [-0.4, -0.2) is 75.8 Å². The molecule has 5 rings (SSSR count). The topological polar surface area (TPSA) is 101 Å². The summed E-state index contributed by atoms with van der Waals surface area (Å²) in [6, 6.07) is 3.23. The molecular formula is C23H26N4O5S3. The van der Waals surface area contributed by atoms with Crippen molar-refractivity contribution in [3.8, 4) is 0 Å². The maximum atomic E-state index is 13.7. The van der Waals surface area contributed by atoms with Crippen LogP contribution >= 0.6 is 24.0 Å². The van der Waals surface area contributed by atoms with Gasteiger partial charge in [-0.05, 0) is 44.9 Å². The van der Waals surface area contributed by atoms with Crippen molar-refractivity contribution in [1.82, 2.24) is 14.3 Å². The highest BCUT2D eigenvalue weighted by atomic mass is 32.2. The van der Waals surface area contributed by atoms with E-state index in [9.17, 15) is 18.0 Å². The maximum absolute atomic E-state index is 13.7. The van der Waals surface area contributed by atoms with E-state index in [1.807, 2.05) is 31.7 Å². The van der Waals surface area contributed by atoms with Gasteiger partial charge in [0.05, 0.1) is 40.2 Å². The van der Waals surface area contributed by atoms with Crippen LogP contribution in [0.1, 0.15) is 31.4 Å². The van der Waals surface area contributed by atoms with Crippen LogP contribution in [0, 0.1) is 6.92 Å². The average molecular weight is 535 g/mol. The molecule has 5 heterocycles. The minimum Gasteiger partial charge on any atom is -0.372 e. The third-order valence-electron chi connectivity index (χ3n) is 6.38. The van der Waals surface area contributed by atoms with Crippen molar-refractivity contribution in [3.05, 3.63) is 44.7 Å². The molecule has 186 valence electrons. The van der Waals surface area contributed by atoms with Gasteiger partial charge in [-0.3, -0.25) is 18.9 Å². The SMILES string of the molecule is Cc1ccc2nc(N3CC(C)OC(C)C3)c(C=C3SC(=S)N(C4CCS(=O)(=O)C4)C3=O)c(=O)n2c1. The molecule has 0 spiro atoms. The molecule has 2 aromatic heterocycles. The van der Waals surface area contributed by atoms with E-state index >= 15 is 0 Å². The van der Waals surface area contributed by atoms with Crippen molar-refractivity contribution < 1.29 is 17.9 Å². The molecule has 0 saturated carbocycles. The van der Waals surface area contributed by atoms with Gasteiger partial charge in [-0.25, -0.2) is 13.4 Å². The lowest BCUT2D eigenvalue weighted by atomic mass is 10.1. The lowest BCUT2D eigenvalue weighted by Crippen LogP contribution is -2.46. The summed E-state index contributed by atoms with van der Waals surface area (Å²) in [6.45, 7) is 6.95. The van der Waals surface area contributed by atoms with Crippen molar-refractivity contribution in [3.63, 3.8) is 0 Å². The third-order valence-corrected chi connectivity index (χ3v) is 9.46. The summed E-state index contributed by atoms with van der Waals surface area (Å²) in [5.74, 6) is 0.0711. The first-order valence-corrected chi connectivity index (χ1v) is 14.5. The van der Waals surface area contributed by atoms with E-state index in [0.717, 1.165) is 17.3 Å². The fourth-order valence-electron chi connectivity index (χ4n) is 4.87. The number of carbonyl (C=O) groups excluding carboxylic acids is 1. The number of aryl methyl sites for hydroxylation is 1. The van der Waals surface area contributed by atoms with Gasteiger partial charge in [0, 0.05) is 19.3 Å². The summed E-state index contributed by atoms with van der Waals surface area (Å²) in [7, 11) is -3.19. The molecular weight excluding hydrogens is 508 g/mol. The first-order valence-electron chi connectivity index (χ1n) is 11.4. The highest BCUT2D eigenvalue weighted by Crippen LogP contribution is 2.37. The number of sulfone groups is 1. The molecule has 0 N–H and O–H groups in total. The molecule has 0 radical (unpaired) electrons. The molecule has 12 heteroatoms. The molecule has 3 saturated heterocycles. The second-order valence-corrected chi connectivity index (χ2v) is 13.3. The third kappa shape index (κ3) is 4.64. The van der Waals surface area contributed by atoms with E-state index in [2.05, 4.69) is 0 Å². The van der Waals surface area contributed by atoms with Crippen LogP contribution in [0.3, 0.4) is 0 Å². The highest BCUT2D eigenvalue weighted by Gasteiger charge is 2.42. The van der Waals surface area contributed by atoms with E-state index in [-0.39, 0.29) is 35.2 Å². The summed E-state index contributed by atoms with van der Waals surface area (Å²) in [6.07, 6.45) is 3.55. The summed E-state index contributed by atoms with van der Waals surface area (Å²) in [5, 5.41) is 0. The number of ether oxygens (including phenoxy) is 1. The highest BCUT2D eigenvalue weighted by molar-refractivity contribution is 8.26. The number of aromatic nitrogens is 2. The Morgan fingerprint density at radius 3 is 2.57 bits per heavy atom. The lowest BCUT2D eigenvalue weighted by molar-refractivity contribution is -0.123. The molecule has 3 aliphatic heterocycles. The predicted molar refractivity (Wildman–Crippen MR) is 140 cm³/mol. The van der Waals surface area contributed by atoms with Crippen LogP contribution in [-0.2, 0) is 19.4 Å². The fourth-order valence-corrected chi connectivity index (χ4v) is 7.95. The molecule has 0 bridgehead atoms. The van der Waals surface area contributed by atoms with Gasteiger partial charge >= 0.3 is 0 Å². The minimum absolute atomic E-state index is 0.0423. The van der Waals surface area contributed by atoms with E-state index < -0.39 is 15.9 Å². The summed E-state index contributed by atoms with van der Waals surface area (Å²) < 4.78 is 31.6. The Morgan fingerprint density at radius 2 is 1.91 bits per heavy atom. The van der Waals surface area contributed by atoms with Gasteiger partial charge in [-0.1, -0.05) is 30.0 Å². The zero-order chi connectivity index (χ0) is 25.1. The number of hydrogen-bond acceptors (Lipinski definition) is 9. The first kappa shape index (κ1) is 24.4. The summed E-state index contributed by atoms with van der Waals surface area (Å²) in [4.78, 5) is 35.5. The van der Waals surface area contributed by atoms with Crippen LogP contribution in [0.15, 0.2) is 28.0 Å². The number of thiocarbonyl (C=S) groups is 1. The molecule has 0 aromatic carbocycles. The van der Waals surface area contributed by atoms with Crippen molar-refractivity contribution >= 4 is 61.6 Å². The van der Waals surface area contributed by atoms with Gasteiger partial charge < -0.3 is 9.64 Å². The van der Waals surface area contributed by atoms with E-state index in [1.165, 1.54) is 9.30 Å². The minimum atomic E-state index is -3.19. The van der Waals surface area contributed by atoms with Gasteiger partial charge in [0.1, 0.15) is 15.8 Å². The standard InChI is InChI=1S/C23H26N4O5S3/c1-13-4-5-19-24-20(25-10-14(2)32-15(3)11-25)17(21(28)26(19)9-13)8-18-22(29)27(23(33)34-18)16-6-7-35(30,31)12-16/h4-5,8-9,14-16H,6-7,10-12H2,1-3H3. The molecule has 3 unspecified atom stereocenters. The smallest absolute Gasteiger partial charge is 0.267 e. The van der Waals surface area contributed by atoms with Gasteiger partial charge in [0.15, 0.2) is 9.84 Å². The number of amides is 1. The molecule has 0 aliphatic carbocycles. The van der Waals surface area contributed by atoms with Crippen LogP contribution in [0.4, 0.5) is 5.82 Å². The summed E-state index contributed by atoms with van der Waals surface area (Å²) in [5.41, 5.74) is 1.44. The normalized spacial score (nSPS) is 28.0.